The number of alkyl halides is 2. The summed E-state index contributed by atoms with van der Waals surface area (Å²) in [6.45, 7) is 1.98. The van der Waals surface area contributed by atoms with Crippen LogP contribution < -0.4 is 9.47 Å². The molecule has 6 nitrogen and oxygen atoms in total. The molecule has 0 unspecified atom stereocenters. The van der Waals surface area contributed by atoms with Crippen LogP contribution in [-0.4, -0.2) is 40.8 Å². The lowest BCUT2D eigenvalue weighted by molar-refractivity contribution is -0.0501. The van der Waals surface area contributed by atoms with Gasteiger partial charge in [-0.3, -0.25) is 4.79 Å². The number of methoxy groups -OCH3 is 1. The molecule has 1 N–H and O–H groups in total. The zero-order chi connectivity index (χ0) is 21.3. The highest BCUT2D eigenvalue weighted by atomic mass is 19.3. The molecule has 0 bridgehead atoms. The monoisotopic (exact) mass is 404 g/mol. The SMILES string of the molecule is COc1cc(-c2cnn3cc(C(C)(C)CO)ccc23)cc(OC(F)F)c1C(C)=O. The molecular weight excluding hydrogens is 382 g/mol. The maximum Gasteiger partial charge on any atom is 0.387 e. The van der Waals surface area contributed by atoms with Crippen LogP contribution in [0, 0.1) is 0 Å². The van der Waals surface area contributed by atoms with Crippen LogP contribution in [0.5, 0.6) is 11.5 Å². The minimum absolute atomic E-state index is 0.0231. The number of rotatable bonds is 7. The Bertz CT molecular complexity index is 1060. The molecule has 0 aliphatic heterocycles. The third-order valence-electron chi connectivity index (χ3n) is 4.86. The minimum Gasteiger partial charge on any atom is -0.496 e. The van der Waals surface area contributed by atoms with Crippen LogP contribution in [0.2, 0.25) is 0 Å². The number of aliphatic hydroxyl groups excluding tert-OH is 1. The normalized spacial score (nSPS) is 11.9. The summed E-state index contributed by atoms with van der Waals surface area (Å²) in [6.07, 6.45) is 3.41. The highest BCUT2D eigenvalue weighted by Crippen LogP contribution is 2.38. The Kier molecular flexibility index (Phi) is 5.57. The molecule has 0 aliphatic carbocycles. The summed E-state index contributed by atoms with van der Waals surface area (Å²) in [4.78, 5) is 12.0. The van der Waals surface area contributed by atoms with Crippen molar-refractivity contribution in [2.45, 2.75) is 32.8 Å². The number of hydrogen-bond acceptors (Lipinski definition) is 5. The van der Waals surface area contributed by atoms with E-state index in [-0.39, 0.29) is 23.7 Å². The van der Waals surface area contributed by atoms with Crippen molar-refractivity contribution < 1.29 is 28.2 Å². The zero-order valence-corrected chi connectivity index (χ0v) is 16.6. The van der Waals surface area contributed by atoms with Gasteiger partial charge < -0.3 is 14.6 Å². The second-order valence-electron chi connectivity index (χ2n) is 7.33. The number of pyridine rings is 1. The number of Topliss-reactive ketones (excluding diaryl/α,β-unsaturated/α-hetero) is 1. The van der Waals surface area contributed by atoms with Crippen LogP contribution in [0.25, 0.3) is 16.6 Å². The van der Waals surface area contributed by atoms with Crippen LogP contribution in [0.4, 0.5) is 8.78 Å². The van der Waals surface area contributed by atoms with E-state index >= 15 is 0 Å². The number of aliphatic hydroxyl groups is 1. The maximum absolute atomic E-state index is 12.9. The summed E-state index contributed by atoms with van der Waals surface area (Å²) in [7, 11) is 1.36. The van der Waals surface area contributed by atoms with Gasteiger partial charge in [-0.2, -0.15) is 13.9 Å². The van der Waals surface area contributed by atoms with Crippen molar-refractivity contribution in [1.29, 1.82) is 0 Å². The third-order valence-corrected chi connectivity index (χ3v) is 4.86. The second kappa shape index (κ2) is 7.79. The summed E-state index contributed by atoms with van der Waals surface area (Å²) >= 11 is 0. The van der Waals surface area contributed by atoms with E-state index in [0.29, 0.717) is 11.1 Å². The maximum atomic E-state index is 12.9. The summed E-state index contributed by atoms with van der Waals surface area (Å²) in [5.41, 5.74) is 2.32. The molecular formula is C21H22F2N2O4. The molecule has 3 rings (SSSR count). The number of halogens is 2. The zero-order valence-electron chi connectivity index (χ0n) is 16.6. The van der Waals surface area contributed by atoms with Gasteiger partial charge in [-0.25, -0.2) is 4.52 Å². The van der Waals surface area contributed by atoms with Crippen LogP contribution in [0.1, 0.15) is 36.7 Å². The van der Waals surface area contributed by atoms with Gasteiger partial charge in [0.1, 0.15) is 17.1 Å². The predicted molar refractivity (Wildman–Crippen MR) is 104 cm³/mol. The van der Waals surface area contributed by atoms with Crippen molar-refractivity contribution >= 4 is 11.3 Å². The van der Waals surface area contributed by atoms with Crippen LogP contribution in [-0.2, 0) is 5.41 Å². The van der Waals surface area contributed by atoms with Crippen molar-refractivity contribution in [3.05, 3.63) is 47.8 Å². The number of fused-ring (bicyclic) bond motifs is 1. The first-order valence-corrected chi connectivity index (χ1v) is 8.95. The van der Waals surface area contributed by atoms with Gasteiger partial charge in [-0.05, 0) is 36.2 Å². The van der Waals surface area contributed by atoms with Gasteiger partial charge in [-0.15, -0.1) is 0 Å². The Morgan fingerprint density at radius 3 is 2.55 bits per heavy atom. The highest BCUT2D eigenvalue weighted by Gasteiger charge is 2.23. The highest BCUT2D eigenvalue weighted by molar-refractivity contribution is 6.01. The number of ether oxygens (including phenoxy) is 2. The number of carbonyl (C=O) groups is 1. The van der Waals surface area contributed by atoms with Crippen molar-refractivity contribution in [2.75, 3.05) is 13.7 Å². The Hall–Kier alpha value is -3.00. The number of aromatic nitrogens is 2. The minimum atomic E-state index is -3.08. The standard InChI is InChI=1S/C21H22F2N2O4/c1-12(27)19-17(28-4)7-13(8-18(19)29-20(22)23)15-9-24-25-10-14(5-6-16(15)25)21(2,3)11-26/h5-10,20,26H,11H2,1-4H3. The van der Waals surface area contributed by atoms with E-state index in [1.165, 1.54) is 20.1 Å². The predicted octanol–water partition coefficient (Wildman–Crippen LogP) is 4.08. The molecule has 0 amide bonds. The molecule has 0 spiro atoms. The van der Waals surface area contributed by atoms with E-state index in [1.807, 2.05) is 32.2 Å². The smallest absolute Gasteiger partial charge is 0.387 e. The second-order valence-corrected chi connectivity index (χ2v) is 7.33. The number of hydrogen-bond donors (Lipinski definition) is 1. The van der Waals surface area contributed by atoms with Gasteiger partial charge >= 0.3 is 6.61 Å². The molecule has 0 radical (unpaired) electrons. The fourth-order valence-electron chi connectivity index (χ4n) is 3.14. The number of ketones is 1. The molecule has 0 aliphatic rings. The van der Waals surface area contributed by atoms with E-state index in [0.717, 1.165) is 11.1 Å². The molecule has 1 aromatic carbocycles. The lowest BCUT2D eigenvalue weighted by Gasteiger charge is -2.22. The molecule has 0 saturated carbocycles. The fraction of sp³-hybridized carbons (Fsp3) is 0.333. The first-order valence-electron chi connectivity index (χ1n) is 8.95. The molecule has 0 atom stereocenters. The molecule has 3 aromatic rings. The largest absolute Gasteiger partial charge is 0.496 e. The van der Waals surface area contributed by atoms with Gasteiger partial charge in [-0.1, -0.05) is 19.9 Å². The Balaban J connectivity index is 2.17. The van der Waals surface area contributed by atoms with Gasteiger partial charge in [0, 0.05) is 17.2 Å². The summed E-state index contributed by atoms with van der Waals surface area (Å²) in [5.74, 6) is -0.554. The lowest BCUT2D eigenvalue weighted by Crippen LogP contribution is -2.22. The average molecular weight is 404 g/mol. The fourth-order valence-corrected chi connectivity index (χ4v) is 3.14. The van der Waals surface area contributed by atoms with E-state index in [2.05, 4.69) is 9.84 Å². The Labute approximate surface area is 166 Å². The summed E-state index contributed by atoms with van der Waals surface area (Å²) < 4.78 is 37.3. The molecule has 0 fully saturated rings. The van der Waals surface area contributed by atoms with Crippen molar-refractivity contribution in [3.8, 4) is 22.6 Å². The van der Waals surface area contributed by atoms with Gasteiger partial charge in [0.15, 0.2) is 5.78 Å². The molecule has 0 saturated heterocycles. The number of nitrogens with zero attached hydrogens (tertiary/aromatic N) is 2. The molecule has 2 aromatic heterocycles. The van der Waals surface area contributed by atoms with Crippen molar-refractivity contribution in [1.82, 2.24) is 9.61 Å². The Morgan fingerprint density at radius 1 is 1.28 bits per heavy atom. The molecule has 2 heterocycles. The van der Waals surface area contributed by atoms with Gasteiger partial charge in [0.05, 0.1) is 25.4 Å². The van der Waals surface area contributed by atoms with Gasteiger partial charge in [0.25, 0.3) is 0 Å². The number of carbonyl (C=O) groups excluding carboxylic acids is 1. The van der Waals surface area contributed by atoms with E-state index in [4.69, 9.17) is 4.74 Å². The first kappa shape index (κ1) is 20.7. The third kappa shape index (κ3) is 3.93. The van der Waals surface area contributed by atoms with E-state index < -0.39 is 17.8 Å². The van der Waals surface area contributed by atoms with Crippen LogP contribution in [0.3, 0.4) is 0 Å². The quantitative estimate of drug-likeness (QED) is 0.601. The molecule has 8 heteroatoms. The molecule has 154 valence electrons. The van der Waals surface area contributed by atoms with Crippen molar-refractivity contribution in [3.63, 3.8) is 0 Å². The number of benzene rings is 1. The first-order chi connectivity index (χ1) is 13.7. The lowest BCUT2D eigenvalue weighted by atomic mass is 9.87. The van der Waals surface area contributed by atoms with Crippen LogP contribution >= 0.6 is 0 Å². The average Bonchev–Trinajstić information content (AvgIpc) is 3.09. The summed E-state index contributed by atoms with van der Waals surface area (Å²) in [6, 6.07) is 6.70. The van der Waals surface area contributed by atoms with E-state index in [1.54, 1.807) is 16.8 Å². The van der Waals surface area contributed by atoms with Crippen LogP contribution in [0.15, 0.2) is 36.7 Å². The summed E-state index contributed by atoms with van der Waals surface area (Å²) in [5, 5.41) is 13.9. The topological polar surface area (TPSA) is 73.1 Å². The van der Waals surface area contributed by atoms with Gasteiger partial charge in [0.2, 0.25) is 0 Å². The molecule has 29 heavy (non-hydrogen) atoms. The van der Waals surface area contributed by atoms with Crippen molar-refractivity contribution in [2.24, 2.45) is 0 Å². The Morgan fingerprint density at radius 2 is 1.97 bits per heavy atom. The van der Waals surface area contributed by atoms with E-state index in [9.17, 15) is 18.7 Å².